The number of hydrogen-bond donors (Lipinski definition) is 1. The summed E-state index contributed by atoms with van der Waals surface area (Å²) < 4.78 is 4.79. The number of carbonyl (C=O) groups is 1. The first-order valence-electron chi connectivity index (χ1n) is 5.78. The van der Waals surface area contributed by atoms with Crippen LogP contribution < -0.4 is 5.73 Å². The fourth-order valence-corrected chi connectivity index (χ4v) is 2.37. The third-order valence-corrected chi connectivity index (χ3v) is 3.24. The van der Waals surface area contributed by atoms with Crippen molar-refractivity contribution in [1.82, 2.24) is 4.90 Å². The minimum Gasteiger partial charge on any atom is -0.468 e. The predicted molar refractivity (Wildman–Crippen MR) is 59.5 cm³/mol. The summed E-state index contributed by atoms with van der Waals surface area (Å²) in [6.07, 6.45) is 4.66. The van der Waals surface area contributed by atoms with Gasteiger partial charge in [-0.05, 0) is 25.8 Å². The number of ether oxygens (including phenoxy) is 1. The van der Waals surface area contributed by atoms with Crippen molar-refractivity contribution < 1.29 is 9.53 Å². The van der Waals surface area contributed by atoms with Crippen LogP contribution in [0.3, 0.4) is 0 Å². The minimum absolute atomic E-state index is 0.196. The molecule has 2 N–H and O–H groups in total. The number of hydrogen-bond acceptors (Lipinski definition) is 4. The van der Waals surface area contributed by atoms with Crippen LogP contribution in [0.15, 0.2) is 0 Å². The van der Waals surface area contributed by atoms with Gasteiger partial charge in [-0.1, -0.05) is 13.3 Å². The zero-order valence-electron chi connectivity index (χ0n) is 9.74. The molecule has 2 atom stereocenters. The maximum Gasteiger partial charge on any atom is 0.324 e. The van der Waals surface area contributed by atoms with Crippen molar-refractivity contribution >= 4 is 5.97 Å². The molecule has 0 saturated carbocycles. The molecule has 15 heavy (non-hydrogen) atoms. The summed E-state index contributed by atoms with van der Waals surface area (Å²) in [5.41, 5.74) is 5.65. The lowest BCUT2D eigenvalue weighted by atomic mass is 9.98. The van der Waals surface area contributed by atoms with E-state index in [1.54, 1.807) is 0 Å². The second-order valence-electron chi connectivity index (χ2n) is 4.07. The highest BCUT2D eigenvalue weighted by atomic mass is 16.5. The molecular weight excluding hydrogens is 192 g/mol. The van der Waals surface area contributed by atoms with E-state index in [1.165, 1.54) is 20.0 Å². The lowest BCUT2D eigenvalue weighted by Crippen LogP contribution is -2.53. The van der Waals surface area contributed by atoms with Crippen molar-refractivity contribution in [2.24, 2.45) is 5.73 Å². The van der Waals surface area contributed by atoms with Gasteiger partial charge in [0.1, 0.15) is 6.04 Å². The minimum atomic E-state index is -0.250. The Labute approximate surface area is 91.8 Å². The Kier molecular flexibility index (Phi) is 5.05. The van der Waals surface area contributed by atoms with Gasteiger partial charge >= 0.3 is 5.97 Å². The summed E-state index contributed by atoms with van der Waals surface area (Å²) in [5.74, 6) is -0.196. The number of nitrogens with two attached hydrogens (primary N) is 1. The molecule has 1 heterocycles. The predicted octanol–water partition coefficient (Wildman–Crippen LogP) is 0.751. The second kappa shape index (κ2) is 6.08. The van der Waals surface area contributed by atoms with Gasteiger partial charge in [-0.15, -0.1) is 0 Å². The highest BCUT2D eigenvalue weighted by molar-refractivity contribution is 5.76. The lowest BCUT2D eigenvalue weighted by Gasteiger charge is -2.39. The Hall–Kier alpha value is -0.610. The van der Waals surface area contributed by atoms with E-state index in [9.17, 15) is 4.79 Å². The van der Waals surface area contributed by atoms with Crippen LogP contribution >= 0.6 is 0 Å². The quantitative estimate of drug-likeness (QED) is 0.702. The first-order chi connectivity index (χ1) is 7.24. The fourth-order valence-electron chi connectivity index (χ4n) is 2.37. The molecule has 0 aromatic rings. The molecule has 1 aliphatic rings. The monoisotopic (exact) mass is 214 g/mol. The molecule has 4 nitrogen and oxygen atoms in total. The van der Waals surface area contributed by atoms with Crippen LogP contribution in [0.4, 0.5) is 0 Å². The van der Waals surface area contributed by atoms with Gasteiger partial charge in [-0.3, -0.25) is 9.69 Å². The van der Waals surface area contributed by atoms with Crippen molar-refractivity contribution in [1.29, 1.82) is 0 Å². The summed E-state index contributed by atoms with van der Waals surface area (Å²) in [4.78, 5) is 13.8. The number of carbonyl (C=O) groups excluding carboxylic acids is 1. The van der Waals surface area contributed by atoms with Crippen LogP contribution in [0.1, 0.15) is 32.6 Å². The molecule has 4 heteroatoms. The molecule has 1 rings (SSSR count). The van der Waals surface area contributed by atoms with Gasteiger partial charge in [0.2, 0.25) is 0 Å². The maximum absolute atomic E-state index is 11.6. The summed E-state index contributed by atoms with van der Waals surface area (Å²) in [5, 5.41) is 0. The van der Waals surface area contributed by atoms with Crippen molar-refractivity contribution in [3.63, 3.8) is 0 Å². The molecule has 88 valence electrons. The third-order valence-electron chi connectivity index (χ3n) is 3.24. The maximum atomic E-state index is 11.6. The summed E-state index contributed by atoms with van der Waals surface area (Å²) >= 11 is 0. The highest BCUT2D eigenvalue weighted by Crippen LogP contribution is 2.21. The van der Waals surface area contributed by atoms with E-state index in [-0.39, 0.29) is 12.0 Å². The van der Waals surface area contributed by atoms with E-state index < -0.39 is 0 Å². The van der Waals surface area contributed by atoms with Crippen LogP contribution in [0.2, 0.25) is 0 Å². The largest absolute Gasteiger partial charge is 0.468 e. The number of esters is 1. The smallest absolute Gasteiger partial charge is 0.324 e. The van der Waals surface area contributed by atoms with E-state index in [0.29, 0.717) is 12.6 Å². The number of piperidine rings is 1. The third kappa shape index (κ3) is 2.92. The van der Waals surface area contributed by atoms with Crippen molar-refractivity contribution in [2.75, 3.05) is 20.2 Å². The molecule has 1 fully saturated rings. The molecule has 0 aliphatic carbocycles. The molecule has 0 radical (unpaired) electrons. The van der Waals surface area contributed by atoms with Crippen molar-refractivity contribution in [3.05, 3.63) is 0 Å². The van der Waals surface area contributed by atoms with Gasteiger partial charge in [-0.2, -0.15) is 0 Å². The van der Waals surface area contributed by atoms with E-state index in [4.69, 9.17) is 10.5 Å². The Morgan fingerprint density at radius 3 is 2.87 bits per heavy atom. The molecule has 0 spiro atoms. The van der Waals surface area contributed by atoms with Crippen LogP contribution in [0, 0.1) is 0 Å². The first-order valence-corrected chi connectivity index (χ1v) is 5.78. The van der Waals surface area contributed by atoms with Crippen molar-refractivity contribution in [3.8, 4) is 0 Å². The highest BCUT2D eigenvalue weighted by Gasteiger charge is 2.31. The molecule has 0 amide bonds. The van der Waals surface area contributed by atoms with Crippen LogP contribution in [0.25, 0.3) is 0 Å². The standard InChI is InChI=1S/C11H22N2O2/c1-3-9-6-4-5-7-13(9)10(8-12)11(14)15-2/h9-10H,3-8,12H2,1-2H3. The van der Waals surface area contributed by atoms with Crippen molar-refractivity contribution in [2.45, 2.75) is 44.7 Å². The number of nitrogens with zero attached hydrogens (tertiary/aromatic N) is 1. The average molecular weight is 214 g/mol. The zero-order chi connectivity index (χ0) is 11.3. The molecule has 1 saturated heterocycles. The van der Waals surface area contributed by atoms with Gasteiger partial charge in [0, 0.05) is 12.6 Å². The van der Waals surface area contributed by atoms with E-state index in [0.717, 1.165) is 19.4 Å². The molecule has 2 unspecified atom stereocenters. The van der Waals surface area contributed by atoms with Crippen LogP contribution in [-0.2, 0) is 9.53 Å². The van der Waals surface area contributed by atoms with E-state index in [2.05, 4.69) is 11.8 Å². The fraction of sp³-hybridized carbons (Fsp3) is 0.909. The second-order valence-corrected chi connectivity index (χ2v) is 4.07. The topological polar surface area (TPSA) is 55.6 Å². The van der Waals surface area contributed by atoms with Gasteiger partial charge < -0.3 is 10.5 Å². The van der Waals surface area contributed by atoms with E-state index >= 15 is 0 Å². The number of methoxy groups -OCH3 is 1. The van der Waals surface area contributed by atoms with Gasteiger partial charge in [0.25, 0.3) is 0 Å². The zero-order valence-corrected chi connectivity index (χ0v) is 9.74. The van der Waals surface area contributed by atoms with Gasteiger partial charge in [0.15, 0.2) is 0 Å². The van der Waals surface area contributed by atoms with Gasteiger partial charge in [-0.25, -0.2) is 0 Å². The molecule has 0 aromatic carbocycles. The van der Waals surface area contributed by atoms with Gasteiger partial charge in [0.05, 0.1) is 7.11 Å². The summed E-state index contributed by atoms with van der Waals surface area (Å²) in [6, 6.07) is 0.242. The van der Waals surface area contributed by atoms with Crippen LogP contribution in [-0.4, -0.2) is 43.2 Å². The molecule has 1 aliphatic heterocycles. The normalized spacial score (nSPS) is 24.9. The van der Waals surface area contributed by atoms with E-state index in [1.807, 2.05) is 0 Å². The SMILES string of the molecule is CCC1CCCCN1C(CN)C(=O)OC. The Bertz CT molecular complexity index is 209. The summed E-state index contributed by atoms with van der Waals surface area (Å²) in [6.45, 7) is 3.48. The number of likely N-dealkylation sites (tertiary alicyclic amines) is 1. The first kappa shape index (κ1) is 12.5. The van der Waals surface area contributed by atoms with Crippen LogP contribution in [0.5, 0.6) is 0 Å². The lowest BCUT2D eigenvalue weighted by molar-refractivity contribution is -0.148. The number of rotatable bonds is 4. The molecule has 0 aromatic heterocycles. The Morgan fingerprint density at radius 2 is 2.33 bits per heavy atom. The molecule has 0 bridgehead atoms. The Balaban J connectivity index is 2.67. The Morgan fingerprint density at radius 1 is 1.60 bits per heavy atom. The summed E-state index contributed by atoms with van der Waals surface area (Å²) in [7, 11) is 1.43. The molecular formula is C11H22N2O2. The average Bonchev–Trinajstić information content (AvgIpc) is 2.30.